The van der Waals surface area contributed by atoms with E-state index in [0.717, 1.165) is 5.56 Å². The topological polar surface area (TPSA) is 56.0 Å². The number of nitrogens with zero attached hydrogens (tertiary/aromatic N) is 1. The van der Waals surface area contributed by atoms with E-state index < -0.39 is 5.91 Å². The summed E-state index contributed by atoms with van der Waals surface area (Å²) in [6, 6.07) is 1.72. The van der Waals surface area contributed by atoms with Crippen molar-refractivity contribution in [2.45, 2.75) is 6.92 Å². The summed E-state index contributed by atoms with van der Waals surface area (Å²) in [5.74, 6) is 4.08. The average Bonchev–Trinajstić information content (AvgIpc) is 2.02. The molecule has 1 heterocycles. The first-order valence-corrected chi connectivity index (χ1v) is 3.91. The number of carbonyl (C=O) groups excluding carboxylic acids is 1. The Hall–Kier alpha value is -1.53. The molecule has 4 heteroatoms. The number of primary amides is 1. The molecule has 0 atom stereocenters. The van der Waals surface area contributed by atoms with Gasteiger partial charge in [-0.15, -0.1) is 0 Å². The van der Waals surface area contributed by atoms with Crippen molar-refractivity contribution in [3.05, 3.63) is 28.5 Å². The number of aryl methyl sites for hydroxylation is 1. The highest BCUT2D eigenvalue weighted by Crippen LogP contribution is 2.10. The van der Waals surface area contributed by atoms with Gasteiger partial charge < -0.3 is 5.73 Å². The molecule has 0 saturated heterocycles. The number of amides is 1. The maximum atomic E-state index is 10.3. The largest absolute Gasteiger partial charge is 0.359 e. The summed E-state index contributed by atoms with van der Waals surface area (Å²) in [7, 11) is 0. The van der Waals surface area contributed by atoms with Crippen LogP contribution in [0.25, 0.3) is 0 Å². The lowest BCUT2D eigenvalue weighted by Gasteiger charge is -1.95. The van der Waals surface area contributed by atoms with Gasteiger partial charge in [0.15, 0.2) is 0 Å². The molecule has 3 nitrogen and oxygen atoms in total. The molecular weight excluding hydrogens is 188 g/mol. The fraction of sp³-hybridized carbons (Fsp3) is 0.111. The van der Waals surface area contributed by atoms with Crippen molar-refractivity contribution >= 4 is 17.5 Å². The van der Waals surface area contributed by atoms with E-state index in [0.29, 0.717) is 10.7 Å². The zero-order valence-corrected chi connectivity index (χ0v) is 7.72. The van der Waals surface area contributed by atoms with Gasteiger partial charge in [0.1, 0.15) is 5.69 Å². The predicted octanol–water partition coefficient (Wildman–Crippen LogP) is 0.880. The summed E-state index contributed by atoms with van der Waals surface area (Å²) in [5, 5.41) is 0.544. The third-order valence-corrected chi connectivity index (χ3v) is 1.56. The Balaban J connectivity index is 3.05. The smallest absolute Gasteiger partial charge is 0.293 e. The molecule has 0 unspecified atom stereocenters. The minimum absolute atomic E-state index is 0.517. The van der Waals surface area contributed by atoms with Crippen LogP contribution in [0.4, 0.5) is 0 Å². The molecule has 0 radical (unpaired) electrons. The molecule has 0 bridgehead atoms. The number of halogens is 1. The highest BCUT2D eigenvalue weighted by molar-refractivity contribution is 6.30. The molecule has 1 amide bonds. The summed E-state index contributed by atoms with van der Waals surface area (Å²) < 4.78 is 0. The summed E-state index contributed by atoms with van der Waals surface area (Å²) >= 11 is 5.68. The summed E-state index contributed by atoms with van der Waals surface area (Å²) in [4.78, 5) is 14.3. The first kappa shape index (κ1) is 9.56. The number of hydrogen-bond donors (Lipinski definition) is 1. The molecule has 0 aliphatic heterocycles. The standard InChI is InChI=1S/C9H7ClN2O/c1-6-4-7(10)5-12-8(6)2-3-9(11)13/h4-5H,1H3,(H2,11,13). The van der Waals surface area contributed by atoms with E-state index in [4.69, 9.17) is 17.3 Å². The van der Waals surface area contributed by atoms with Crippen molar-refractivity contribution < 1.29 is 4.79 Å². The van der Waals surface area contributed by atoms with Gasteiger partial charge in [-0.05, 0) is 24.5 Å². The molecule has 0 spiro atoms. The normalized spacial score (nSPS) is 8.77. The second-order valence-electron chi connectivity index (χ2n) is 2.43. The van der Waals surface area contributed by atoms with Gasteiger partial charge >= 0.3 is 0 Å². The van der Waals surface area contributed by atoms with Crippen molar-refractivity contribution in [3.63, 3.8) is 0 Å². The number of aromatic nitrogens is 1. The first-order chi connectivity index (χ1) is 6.09. The van der Waals surface area contributed by atoms with Gasteiger partial charge in [0.05, 0.1) is 5.02 Å². The summed E-state index contributed by atoms with van der Waals surface area (Å²) in [5.41, 5.74) is 6.19. The second kappa shape index (κ2) is 3.92. The lowest BCUT2D eigenvalue weighted by atomic mass is 10.2. The molecule has 13 heavy (non-hydrogen) atoms. The van der Waals surface area contributed by atoms with Crippen LogP contribution in [0.3, 0.4) is 0 Å². The zero-order valence-electron chi connectivity index (χ0n) is 6.97. The third kappa shape index (κ3) is 2.77. The monoisotopic (exact) mass is 194 g/mol. The second-order valence-corrected chi connectivity index (χ2v) is 2.87. The van der Waals surface area contributed by atoms with Crippen molar-refractivity contribution in [1.29, 1.82) is 0 Å². The van der Waals surface area contributed by atoms with Crippen LogP contribution < -0.4 is 5.73 Å². The summed E-state index contributed by atoms with van der Waals surface area (Å²) in [6.45, 7) is 1.81. The number of hydrogen-bond acceptors (Lipinski definition) is 2. The van der Waals surface area contributed by atoms with E-state index in [-0.39, 0.29) is 0 Å². The molecule has 0 aromatic carbocycles. The zero-order chi connectivity index (χ0) is 9.84. The number of pyridine rings is 1. The average molecular weight is 195 g/mol. The molecule has 0 fully saturated rings. The molecule has 66 valence electrons. The highest BCUT2D eigenvalue weighted by atomic mass is 35.5. The highest BCUT2D eigenvalue weighted by Gasteiger charge is 1.96. The van der Waals surface area contributed by atoms with E-state index >= 15 is 0 Å². The van der Waals surface area contributed by atoms with E-state index in [2.05, 4.69) is 16.8 Å². The minimum atomic E-state index is -0.670. The van der Waals surface area contributed by atoms with E-state index in [1.54, 1.807) is 6.07 Å². The van der Waals surface area contributed by atoms with Crippen LogP contribution in [0.1, 0.15) is 11.3 Å². The van der Waals surface area contributed by atoms with E-state index in [1.165, 1.54) is 6.20 Å². The van der Waals surface area contributed by atoms with Gasteiger partial charge in [-0.25, -0.2) is 4.98 Å². The Kier molecular flexibility index (Phi) is 2.88. The van der Waals surface area contributed by atoms with Gasteiger partial charge in [0.2, 0.25) is 0 Å². The summed E-state index contributed by atoms with van der Waals surface area (Å²) in [6.07, 6.45) is 1.47. The van der Waals surface area contributed by atoms with Gasteiger partial charge in [0, 0.05) is 12.1 Å². The lowest BCUT2D eigenvalue weighted by molar-refractivity contribution is -0.112. The third-order valence-electron chi connectivity index (χ3n) is 1.35. The number of carbonyl (C=O) groups is 1. The van der Waals surface area contributed by atoms with Crippen LogP contribution in [0.15, 0.2) is 12.3 Å². The van der Waals surface area contributed by atoms with Gasteiger partial charge in [-0.2, -0.15) is 0 Å². The Morgan fingerprint density at radius 1 is 1.69 bits per heavy atom. The van der Waals surface area contributed by atoms with Crippen LogP contribution in [-0.4, -0.2) is 10.9 Å². The predicted molar refractivity (Wildman–Crippen MR) is 50.1 cm³/mol. The molecule has 0 aliphatic rings. The van der Waals surface area contributed by atoms with Crippen LogP contribution in [-0.2, 0) is 4.79 Å². The van der Waals surface area contributed by atoms with E-state index in [1.807, 2.05) is 6.92 Å². The molecule has 1 rings (SSSR count). The van der Waals surface area contributed by atoms with Crippen LogP contribution in [0, 0.1) is 18.8 Å². The number of rotatable bonds is 0. The minimum Gasteiger partial charge on any atom is -0.359 e. The number of nitrogens with two attached hydrogens (primary N) is 1. The molecular formula is C9H7ClN2O. The Labute approximate surface area is 80.9 Å². The first-order valence-electron chi connectivity index (χ1n) is 3.53. The lowest BCUT2D eigenvalue weighted by Crippen LogP contribution is -2.06. The van der Waals surface area contributed by atoms with Gasteiger partial charge in [-0.3, -0.25) is 4.79 Å². The maximum absolute atomic E-state index is 10.3. The Bertz CT molecular complexity index is 404. The fourth-order valence-corrected chi connectivity index (χ4v) is 1.00. The van der Waals surface area contributed by atoms with E-state index in [9.17, 15) is 4.79 Å². The Morgan fingerprint density at radius 2 is 2.38 bits per heavy atom. The molecule has 2 N–H and O–H groups in total. The van der Waals surface area contributed by atoms with Gasteiger partial charge in [-0.1, -0.05) is 11.6 Å². The van der Waals surface area contributed by atoms with Crippen LogP contribution >= 0.6 is 11.6 Å². The van der Waals surface area contributed by atoms with Crippen molar-refractivity contribution in [3.8, 4) is 11.8 Å². The molecule has 1 aromatic rings. The van der Waals surface area contributed by atoms with Crippen molar-refractivity contribution in [2.24, 2.45) is 5.73 Å². The molecule has 0 saturated carbocycles. The van der Waals surface area contributed by atoms with Gasteiger partial charge in [0.25, 0.3) is 5.91 Å². The quantitative estimate of drug-likeness (QED) is 0.624. The maximum Gasteiger partial charge on any atom is 0.293 e. The van der Waals surface area contributed by atoms with Crippen LogP contribution in [0.2, 0.25) is 5.02 Å². The van der Waals surface area contributed by atoms with Crippen molar-refractivity contribution in [2.75, 3.05) is 0 Å². The van der Waals surface area contributed by atoms with Crippen LogP contribution in [0.5, 0.6) is 0 Å². The Morgan fingerprint density at radius 3 is 2.92 bits per heavy atom. The molecule has 1 aromatic heterocycles. The SMILES string of the molecule is Cc1cc(Cl)cnc1C#CC(N)=O. The molecule has 0 aliphatic carbocycles. The fourth-order valence-electron chi connectivity index (χ4n) is 0.792. The van der Waals surface area contributed by atoms with Crippen molar-refractivity contribution in [1.82, 2.24) is 4.98 Å².